The van der Waals surface area contributed by atoms with E-state index in [9.17, 15) is 9.59 Å². The minimum Gasteiger partial charge on any atom is -0.481 e. The van der Waals surface area contributed by atoms with Crippen LogP contribution in [0.4, 0.5) is 0 Å². The molecule has 4 nitrogen and oxygen atoms in total. The van der Waals surface area contributed by atoms with Crippen LogP contribution >= 0.6 is 0 Å². The lowest BCUT2D eigenvalue weighted by Crippen LogP contribution is -2.24. The highest BCUT2D eigenvalue weighted by molar-refractivity contribution is 5.98. The third kappa shape index (κ3) is 4.60. The van der Waals surface area contributed by atoms with Gasteiger partial charge < -0.3 is 10.4 Å². The number of nitrogens with one attached hydrogen (secondary N) is 1. The Morgan fingerprint density at radius 3 is 2.48 bits per heavy atom. The maximum Gasteiger partial charge on any atom is 0.303 e. The van der Waals surface area contributed by atoms with Gasteiger partial charge >= 0.3 is 5.97 Å². The zero-order chi connectivity index (χ0) is 15.1. The number of carbonyl (C=O) groups is 2. The molecule has 0 unspecified atom stereocenters. The summed E-state index contributed by atoms with van der Waals surface area (Å²) in [6.45, 7) is 0.575. The summed E-state index contributed by atoms with van der Waals surface area (Å²) in [5, 5.41) is 13.6. The number of fused-ring (bicyclic) bond motifs is 1. The fourth-order valence-corrected chi connectivity index (χ4v) is 2.21. The second-order valence-corrected chi connectivity index (χ2v) is 5.02. The first-order valence-electron chi connectivity index (χ1n) is 7.15. The standard InChI is InChI=1S/C17H19NO3/c19-16(20)8-2-1-5-11-18-17(21)15-10-9-13-6-3-4-7-14(13)12-15/h3-4,6-7,9-10,12H,1-2,5,8,11H2,(H,18,21)(H,19,20). The molecule has 2 rings (SSSR count). The molecule has 0 saturated heterocycles. The lowest BCUT2D eigenvalue weighted by molar-refractivity contribution is -0.137. The van der Waals surface area contributed by atoms with E-state index in [1.54, 1.807) is 0 Å². The number of carboxylic acid groups (broad SMARTS) is 1. The van der Waals surface area contributed by atoms with Crippen LogP contribution < -0.4 is 5.32 Å². The van der Waals surface area contributed by atoms with Crippen molar-refractivity contribution in [2.45, 2.75) is 25.7 Å². The van der Waals surface area contributed by atoms with Gasteiger partial charge in [0.25, 0.3) is 5.91 Å². The van der Waals surface area contributed by atoms with Crippen molar-refractivity contribution in [3.05, 3.63) is 48.0 Å². The number of benzene rings is 2. The molecule has 2 N–H and O–H groups in total. The van der Waals surface area contributed by atoms with Crippen molar-refractivity contribution in [3.8, 4) is 0 Å². The van der Waals surface area contributed by atoms with Gasteiger partial charge in [-0.1, -0.05) is 36.8 Å². The zero-order valence-electron chi connectivity index (χ0n) is 11.8. The normalized spacial score (nSPS) is 10.5. The van der Waals surface area contributed by atoms with Crippen molar-refractivity contribution in [2.75, 3.05) is 6.54 Å². The van der Waals surface area contributed by atoms with Gasteiger partial charge in [0, 0.05) is 18.5 Å². The van der Waals surface area contributed by atoms with E-state index < -0.39 is 5.97 Å². The Labute approximate surface area is 123 Å². The number of amides is 1. The van der Waals surface area contributed by atoms with Crippen molar-refractivity contribution in [3.63, 3.8) is 0 Å². The Bertz CT molecular complexity index is 637. The first-order valence-corrected chi connectivity index (χ1v) is 7.15. The molecule has 0 aliphatic rings. The minimum atomic E-state index is -0.768. The molecule has 0 aliphatic heterocycles. The largest absolute Gasteiger partial charge is 0.481 e. The topological polar surface area (TPSA) is 66.4 Å². The lowest BCUT2D eigenvalue weighted by Gasteiger charge is -2.06. The molecule has 2 aromatic rings. The average molecular weight is 285 g/mol. The fraction of sp³-hybridized carbons (Fsp3) is 0.294. The van der Waals surface area contributed by atoms with Gasteiger partial charge in [-0.15, -0.1) is 0 Å². The fourth-order valence-electron chi connectivity index (χ4n) is 2.21. The minimum absolute atomic E-state index is 0.0843. The number of hydrogen-bond donors (Lipinski definition) is 2. The van der Waals surface area contributed by atoms with E-state index in [4.69, 9.17) is 5.11 Å². The van der Waals surface area contributed by atoms with Gasteiger partial charge in [-0.3, -0.25) is 9.59 Å². The Morgan fingerprint density at radius 1 is 0.952 bits per heavy atom. The summed E-state index contributed by atoms with van der Waals surface area (Å²) in [5.41, 5.74) is 0.652. The lowest BCUT2D eigenvalue weighted by atomic mass is 10.1. The second kappa shape index (κ2) is 7.43. The first kappa shape index (κ1) is 15.0. The van der Waals surface area contributed by atoms with Crippen LogP contribution in [0.25, 0.3) is 10.8 Å². The molecule has 21 heavy (non-hydrogen) atoms. The van der Waals surface area contributed by atoms with Gasteiger partial charge in [0.15, 0.2) is 0 Å². The van der Waals surface area contributed by atoms with Crippen LogP contribution in [0.3, 0.4) is 0 Å². The average Bonchev–Trinajstić information content (AvgIpc) is 2.49. The molecule has 0 saturated carbocycles. The third-order valence-electron chi connectivity index (χ3n) is 3.36. The summed E-state index contributed by atoms with van der Waals surface area (Å²) in [6.07, 6.45) is 2.46. The van der Waals surface area contributed by atoms with Crippen LogP contribution in [0.5, 0.6) is 0 Å². The van der Waals surface area contributed by atoms with E-state index in [2.05, 4.69) is 5.32 Å². The number of unbranched alkanes of at least 4 members (excludes halogenated alkanes) is 2. The molecule has 0 fully saturated rings. The van der Waals surface area contributed by atoms with E-state index in [0.717, 1.165) is 23.6 Å². The predicted molar refractivity (Wildman–Crippen MR) is 82.4 cm³/mol. The molecule has 0 aliphatic carbocycles. The molecular formula is C17H19NO3. The van der Waals surface area contributed by atoms with E-state index in [0.29, 0.717) is 18.5 Å². The number of rotatable bonds is 7. The molecule has 4 heteroatoms. The summed E-state index contributed by atoms with van der Waals surface area (Å²) in [7, 11) is 0. The summed E-state index contributed by atoms with van der Waals surface area (Å²) in [6, 6.07) is 13.6. The molecule has 0 bridgehead atoms. The van der Waals surface area contributed by atoms with Crippen LogP contribution in [0, 0.1) is 0 Å². The maximum atomic E-state index is 12.0. The molecule has 0 atom stereocenters. The van der Waals surface area contributed by atoms with Crippen molar-refractivity contribution < 1.29 is 14.7 Å². The highest BCUT2D eigenvalue weighted by Gasteiger charge is 2.05. The monoisotopic (exact) mass is 285 g/mol. The molecule has 2 aromatic carbocycles. The number of carbonyl (C=O) groups excluding carboxylic acids is 1. The van der Waals surface area contributed by atoms with Crippen LogP contribution in [-0.4, -0.2) is 23.5 Å². The van der Waals surface area contributed by atoms with Crippen molar-refractivity contribution in [1.29, 1.82) is 0 Å². The molecular weight excluding hydrogens is 266 g/mol. The van der Waals surface area contributed by atoms with Crippen molar-refractivity contribution >= 4 is 22.6 Å². The highest BCUT2D eigenvalue weighted by Crippen LogP contribution is 2.15. The van der Waals surface area contributed by atoms with E-state index in [1.807, 2.05) is 42.5 Å². The summed E-state index contributed by atoms with van der Waals surface area (Å²) in [4.78, 5) is 22.4. The number of hydrogen-bond acceptors (Lipinski definition) is 2. The van der Waals surface area contributed by atoms with Gasteiger partial charge in [0.1, 0.15) is 0 Å². The van der Waals surface area contributed by atoms with E-state index >= 15 is 0 Å². The molecule has 0 spiro atoms. The Hall–Kier alpha value is -2.36. The molecule has 0 aromatic heterocycles. The van der Waals surface area contributed by atoms with Gasteiger partial charge in [-0.25, -0.2) is 0 Å². The Balaban J connectivity index is 1.80. The van der Waals surface area contributed by atoms with Crippen molar-refractivity contribution in [2.24, 2.45) is 0 Å². The van der Waals surface area contributed by atoms with Gasteiger partial charge in [0.2, 0.25) is 0 Å². The first-order chi connectivity index (χ1) is 10.2. The molecule has 0 radical (unpaired) electrons. The third-order valence-corrected chi connectivity index (χ3v) is 3.36. The SMILES string of the molecule is O=C(O)CCCCCNC(=O)c1ccc2ccccc2c1. The number of aliphatic carboxylic acids is 1. The summed E-state index contributed by atoms with van der Waals surface area (Å²) < 4.78 is 0. The quantitative estimate of drug-likeness (QED) is 0.768. The maximum absolute atomic E-state index is 12.0. The summed E-state index contributed by atoms with van der Waals surface area (Å²) in [5.74, 6) is -0.853. The van der Waals surface area contributed by atoms with Crippen LogP contribution in [0.1, 0.15) is 36.0 Å². The predicted octanol–water partition coefficient (Wildman–Crippen LogP) is 3.21. The molecule has 0 heterocycles. The molecule has 110 valence electrons. The second-order valence-electron chi connectivity index (χ2n) is 5.02. The van der Waals surface area contributed by atoms with Crippen LogP contribution in [0.15, 0.2) is 42.5 Å². The summed E-state index contributed by atoms with van der Waals surface area (Å²) >= 11 is 0. The van der Waals surface area contributed by atoms with E-state index in [1.165, 1.54) is 0 Å². The van der Waals surface area contributed by atoms with Gasteiger partial charge in [0.05, 0.1) is 0 Å². The van der Waals surface area contributed by atoms with Gasteiger partial charge in [-0.2, -0.15) is 0 Å². The Morgan fingerprint density at radius 2 is 1.71 bits per heavy atom. The highest BCUT2D eigenvalue weighted by atomic mass is 16.4. The van der Waals surface area contributed by atoms with Crippen LogP contribution in [-0.2, 0) is 4.79 Å². The van der Waals surface area contributed by atoms with Crippen LogP contribution in [0.2, 0.25) is 0 Å². The Kier molecular flexibility index (Phi) is 5.32. The van der Waals surface area contributed by atoms with Gasteiger partial charge in [-0.05, 0) is 35.7 Å². The number of carboxylic acids is 1. The molecule has 1 amide bonds. The smallest absolute Gasteiger partial charge is 0.303 e. The zero-order valence-corrected chi connectivity index (χ0v) is 11.8. The van der Waals surface area contributed by atoms with E-state index in [-0.39, 0.29) is 12.3 Å². The van der Waals surface area contributed by atoms with Crippen molar-refractivity contribution in [1.82, 2.24) is 5.32 Å².